The van der Waals surface area contributed by atoms with Crippen molar-refractivity contribution in [2.24, 2.45) is 0 Å². The van der Waals surface area contributed by atoms with Gasteiger partial charge in [-0.05, 0) is 44.6 Å². The molecule has 3 rings (SSSR count). The number of hydrogen-bond donors (Lipinski definition) is 1. The normalized spacial score (nSPS) is 20.2. The molecule has 19 heavy (non-hydrogen) atoms. The predicted molar refractivity (Wildman–Crippen MR) is 71.7 cm³/mol. The number of aryl methyl sites for hydroxylation is 1. The highest BCUT2D eigenvalue weighted by atomic mass is 16.4. The van der Waals surface area contributed by atoms with Crippen molar-refractivity contribution in [1.29, 1.82) is 0 Å². The number of rotatable bonds is 2. The Morgan fingerprint density at radius 3 is 2.95 bits per heavy atom. The topological polar surface area (TPSA) is 57.8 Å². The molecule has 5 heteroatoms. The summed E-state index contributed by atoms with van der Waals surface area (Å²) < 4.78 is 1.93. The van der Waals surface area contributed by atoms with Crippen LogP contribution in [0.2, 0.25) is 0 Å². The second-order valence-corrected chi connectivity index (χ2v) is 5.33. The van der Waals surface area contributed by atoms with Crippen molar-refractivity contribution >= 4 is 11.5 Å². The van der Waals surface area contributed by atoms with Crippen molar-refractivity contribution in [2.45, 2.75) is 19.3 Å². The lowest BCUT2D eigenvalue weighted by Gasteiger charge is -2.09. The fraction of sp³-hybridized carbons (Fsp3) is 0.429. The average molecular weight is 259 g/mol. The number of likely N-dealkylation sites (N-methyl/N-ethyl adjacent to an activating group) is 1. The lowest BCUT2D eigenvalue weighted by atomic mass is 10.1. The number of carboxylic acid groups (broad SMARTS) is 1. The van der Waals surface area contributed by atoms with Crippen molar-refractivity contribution in [3.05, 3.63) is 35.4 Å². The molecule has 1 aliphatic heterocycles. The largest absolute Gasteiger partial charge is 0.476 e. The van der Waals surface area contributed by atoms with E-state index in [-0.39, 0.29) is 5.69 Å². The van der Waals surface area contributed by atoms with Crippen molar-refractivity contribution < 1.29 is 9.90 Å². The Bertz CT molecular complexity index is 647. The molecule has 5 nitrogen and oxygen atoms in total. The van der Waals surface area contributed by atoms with E-state index in [9.17, 15) is 9.90 Å². The minimum Gasteiger partial charge on any atom is -0.476 e. The van der Waals surface area contributed by atoms with Crippen LogP contribution in [0.25, 0.3) is 5.52 Å². The summed E-state index contributed by atoms with van der Waals surface area (Å²) in [5.41, 5.74) is 1.90. The summed E-state index contributed by atoms with van der Waals surface area (Å²) in [6.07, 6.45) is 2.96. The van der Waals surface area contributed by atoms with Gasteiger partial charge in [-0.15, -0.1) is 0 Å². The van der Waals surface area contributed by atoms with Crippen LogP contribution >= 0.6 is 0 Å². The zero-order valence-electron chi connectivity index (χ0n) is 11.1. The Kier molecular flexibility index (Phi) is 2.78. The molecular weight excluding hydrogens is 242 g/mol. The number of nitrogens with zero attached hydrogens (tertiary/aromatic N) is 3. The van der Waals surface area contributed by atoms with Gasteiger partial charge in [0.05, 0.1) is 5.52 Å². The summed E-state index contributed by atoms with van der Waals surface area (Å²) in [6.45, 7) is 3.93. The molecule has 0 saturated carbocycles. The Hall–Kier alpha value is -1.88. The Morgan fingerprint density at radius 2 is 2.32 bits per heavy atom. The number of carbonyl (C=O) groups is 1. The van der Waals surface area contributed by atoms with E-state index in [1.54, 1.807) is 0 Å². The maximum absolute atomic E-state index is 11.3. The zero-order valence-corrected chi connectivity index (χ0v) is 11.1. The third-order valence-corrected chi connectivity index (χ3v) is 3.79. The molecule has 0 aromatic carbocycles. The van der Waals surface area contributed by atoms with E-state index in [1.807, 2.05) is 29.7 Å². The molecule has 100 valence electrons. The van der Waals surface area contributed by atoms with Crippen LogP contribution in [-0.2, 0) is 0 Å². The van der Waals surface area contributed by atoms with E-state index in [0.29, 0.717) is 11.4 Å². The predicted octanol–water partition coefficient (Wildman–Crippen LogP) is 1.76. The van der Waals surface area contributed by atoms with Crippen molar-refractivity contribution in [1.82, 2.24) is 14.3 Å². The minimum atomic E-state index is -0.958. The SMILES string of the molecule is Cc1ccn2c(C3CCN(C)C3)nc(C(=O)O)c2c1. The zero-order chi connectivity index (χ0) is 13.6. The molecule has 0 radical (unpaired) electrons. The van der Waals surface area contributed by atoms with Crippen LogP contribution in [0.3, 0.4) is 0 Å². The summed E-state index contributed by atoms with van der Waals surface area (Å²) in [4.78, 5) is 18.0. The first kappa shape index (κ1) is 12.2. The van der Waals surface area contributed by atoms with Crippen LogP contribution in [0.15, 0.2) is 18.3 Å². The second-order valence-electron chi connectivity index (χ2n) is 5.33. The fourth-order valence-corrected chi connectivity index (χ4v) is 2.80. The van der Waals surface area contributed by atoms with E-state index >= 15 is 0 Å². The van der Waals surface area contributed by atoms with Gasteiger partial charge in [-0.3, -0.25) is 0 Å². The van der Waals surface area contributed by atoms with Gasteiger partial charge in [-0.25, -0.2) is 9.78 Å². The molecule has 2 aromatic heterocycles. The van der Waals surface area contributed by atoms with Crippen molar-refractivity contribution in [2.75, 3.05) is 20.1 Å². The quantitative estimate of drug-likeness (QED) is 0.892. The summed E-state index contributed by atoms with van der Waals surface area (Å²) in [7, 11) is 2.08. The number of fused-ring (bicyclic) bond motifs is 1. The maximum Gasteiger partial charge on any atom is 0.356 e. The molecule has 0 spiro atoms. The molecule has 0 aliphatic carbocycles. The lowest BCUT2D eigenvalue weighted by molar-refractivity contribution is 0.0693. The number of pyridine rings is 1. The van der Waals surface area contributed by atoms with E-state index in [0.717, 1.165) is 30.9 Å². The molecule has 1 saturated heterocycles. The molecule has 0 bridgehead atoms. The van der Waals surface area contributed by atoms with Gasteiger partial charge in [0, 0.05) is 18.7 Å². The standard InChI is InChI=1S/C14H17N3O2/c1-9-3-6-17-11(7-9)12(14(18)19)15-13(17)10-4-5-16(2)8-10/h3,6-7,10H,4-5,8H2,1-2H3,(H,18,19). The molecule has 1 aliphatic rings. The Labute approximate surface area is 111 Å². The first-order chi connectivity index (χ1) is 9.06. The Balaban J connectivity index is 2.17. The summed E-state index contributed by atoms with van der Waals surface area (Å²) in [6, 6.07) is 3.88. The van der Waals surface area contributed by atoms with Crippen LogP contribution in [0, 0.1) is 6.92 Å². The van der Waals surface area contributed by atoms with Crippen LogP contribution in [-0.4, -0.2) is 45.5 Å². The highest BCUT2D eigenvalue weighted by Crippen LogP contribution is 2.28. The van der Waals surface area contributed by atoms with Gasteiger partial charge in [0.25, 0.3) is 0 Å². The summed E-state index contributed by atoms with van der Waals surface area (Å²) in [5.74, 6) is 0.228. The third kappa shape index (κ3) is 2.00. The highest BCUT2D eigenvalue weighted by Gasteiger charge is 2.27. The van der Waals surface area contributed by atoms with Gasteiger partial charge in [-0.1, -0.05) is 0 Å². The number of likely N-dealkylation sites (tertiary alicyclic amines) is 1. The number of aromatic carboxylic acids is 1. The molecule has 1 fully saturated rings. The summed E-state index contributed by atoms with van der Waals surface area (Å²) in [5, 5.41) is 9.30. The van der Waals surface area contributed by atoms with Gasteiger partial charge in [0.1, 0.15) is 5.82 Å². The van der Waals surface area contributed by atoms with Gasteiger partial charge >= 0.3 is 5.97 Å². The molecule has 0 amide bonds. The fourth-order valence-electron chi connectivity index (χ4n) is 2.80. The van der Waals surface area contributed by atoms with Crippen LogP contribution < -0.4 is 0 Å². The molecule has 2 aromatic rings. The van der Waals surface area contributed by atoms with Crippen LogP contribution in [0.5, 0.6) is 0 Å². The summed E-state index contributed by atoms with van der Waals surface area (Å²) >= 11 is 0. The highest BCUT2D eigenvalue weighted by molar-refractivity contribution is 5.93. The monoisotopic (exact) mass is 259 g/mol. The van der Waals surface area contributed by atoms with E-state index in [2.05, 4.69) is 16.9 Å². The van der Waals surface area contributed by atoms with Crippen LogP contribution in [0.1, 0.15) is 34.2 Å². The van der Waals surface area contributed by atoms with E-state index in [4.69, 9.17) is 0 Å². The number of carboxylic acids is 1. The number of aromatic nitrogens is 2. The average Bonchev–Trinajstić information content (AvgIpc) is 2.92. The lowest BCUT2D eigenvalue weighted by Crippen LogP contribution is -2.14. The Morgan fingerprint density at radius 1 is 1.53 bits per heavy atom. The molecule has 1 N–H and O–H groups in total. The van der Waals surface area contributed by atoms with Gasteiger partial charge in [-0.2, -0.15) is 0 Å². The molecular formula is C14H17N3O2. The first-order valence-electron chi connectivity index (χ1n) is 6.46. The first-order valence-corrected chi connectivity index (χ1v) is 6.46. The minimum absolute atomic E-state index is 0.160. The van der Waals surface area contributed by atoms with Gasteiger partial charge < -0.3 is 14.4 Å². The molecule has 1 atom stereocenters. The third-order valence-electron chi connectivity index (χ3n) is 3.79. The molecule has 1 unspecified atom stereocenters. The van der Waals surface area contributed by atoms with Gasteiger partial charge in [0.2, 0.25) is 0 Å². The van der Waals surface area contributed by atoms with E-state index < -0.39 is 5.97 Å². The van der Waals surface area contributed by atoms with Crippen LogP contribution in [0.4, 0.5) is 0 Å². The number of imidazole rings is 1. The smallest absolute Gasteiger partial charge is 0.356 e. The van der Waals surface area contributed by atoms with Gasteiger partial charge in [0.15, 0.2) is 5.69 Å². The van der Waals surface area contributed by atoms with Crippen molar-refractivity contribution in [3.63, 3.8) is 0 Å². The second kappa shape index (κ2) is 4.35. The number of hydrogen-bond acceptors (Lipinski definition) is 3. The molecule has 3 heterocycles. The van der Waals surface area contributed by atoms with E-state index in [1.165, 1.54) is 0 Å². The van der Waals surface area contributed by atoms with Crippen molar-refractivity contribution in [3.8, 4) is 0 Å². The maximum atomic E-state index is 11.3.